The van der Waals surface area contributed by atoms with Gasteiger partial charge in [-0.05, 0) is 49.7 Å². The molecule has 0 aliphatic carbocycles. The monoisotopic (exact) mass is 324 g/mol. The Hall–Kier alpha value is -1.84. The molecule has 1 aliphatic rings. The molecule has 1 saturated heterocycles. The molecule has 3 nitrogen and oxygen atoms in total. The van der Waals surface area contributed by atoms with E-state index in [4.69, 9.17) is 4.74 Å². The van der Waals surface area contributed by atoms with E-state index in [0.29, 0.717) is 6.04 Å². The van der Waals surface area contributed by atoms with Crippen molar-refractivity contribution in [2.75, 3.05) is 26.7 Å². The van der Waals surface area contributed by atoms with Gasteiger partial charge in [0.25, 0.3) is 0 Å². The molecule has 2 aromatic carbocycles. The molecule has 0 aromatic heterocycles. The van der Waals surface area contributed by atoms with Crippen LogP contribution in [0.3, 0.4) is 0 Å². The van der Waals surface area contributed by atoms with Crippen LogP contribution in [0.15, 0.2) is 48.6 Å². The maximum Gasteiger partial charge on any atom is 0.123 e. The van der Waals surface area contributed by atoms with Crippen LogP contribution in [0.1, 0.15) is 25.3 Å². The van der Waals surface area contributed by atoms with Crippen molar-refractivity contribution < 1.29 is 4.74 Å². The molecule has 0 unspecified atom stereocenters. The number of ether oxygens (including phenoxy) is 1. The fourth-order valence-electron chi connectivity index (χ4n) is 3.61. The maximum absolute atomic E-state index is 5.60. The lowest BCUT2D eigenvalue weighted by Gasteiger charge is -2.32. The van der Waals surface area contributed by atoms with Crippen molar-refractivity contribution in [1.82, 2.24) is 10.2 Å². The van der Waals surface area contributed by atoms with Crippen LogP contribution in [0, 0.1) is 0 Å². The molecular formula is C21H28N2O. The van der Waals surface area contributed by atoms with Gasteiger partial charge in [-0.1, -0.05) is 42.5 Å². The maximum atomic E-state index is 5.60. The zero-order valence-electron chi connectivity index (χ0n) is 14.8. The summed E-state index contributed by atoms with van der Waals surface area (Å²) in [5.74, 6) is 0.973. The van der Waals surface area contributed by atoms with Crippen LogP contribution in [-0.4, -0.2) is 37.7 Å². The van der Waals surface area contributed by atoms with E-state index < -0.39 is 0 Å². The fraction of sp³-hybridized carbons (Fsp3) is 0.429. The summed E-state index contributed by atoms with van der Waals surface area (Å²) in [6, 6.07) is 13.3. The van der Waals surface area contributed by atoms with Gasteiger partial charge in [0.05, 0.1) is 7.11 Å². The highest BCUT2D eigenvalue weighted by atomic mass is 16.5. The SMILES string of the molecule is C=C(C)CN1CCC(NCc2c(OC)ccc3ccccc23)CC1. The molecule has 0 radical (unpaired) electrons. The highest BCUT2D eigenvalue weighted by Crippen LogP contribution is 2.28. The summed E-state index contributed by atoms with van der Waals surface area (Å²) in [6.07, 6.45) is 2.39. The molecule has 3 heteroatoms. The molecule has 1 fully saturated rings. The average Bonchev–Trinajstić information content (AvgIpc) is 2.60. The summed E-state index contributed by atoms with van der Waals surface area (Å²) >= 11 is 0. The minimum Gasteiger partial charge on any atom is -0.496 e. The molecule has 1 aliphatic heterocycles. The van der Waals surface area contributed by atoms with Crippen molar-refractivity contribution in [3.8, 4) is 5.75 Å². The topological polar surface area (TPSA) is 24.5 Å². The van der Waals surface area contributed by atoms with E-state index in [1.54, 1.807) is 7.11 Å². The van der Waals surface area contributed by atoms with Crippen molar-refractivity contribution in [3.05, 3.63) is 54.1 Å². The molecule has 24 heavy (non-hydrogen) atoms. The summed E-state index contributed by atoms with van der Waals surface area (Å²) < 4.78 is 5.60. The summed E-state index contributed by atoms with van der Waals surface area (Å²) in [5, 5.41) is 6.30. The third-order valence-corrected chi connectivity index (χ3v) is 4.87. The first-order chi connectivity index (χ1) is 11.7. The van der Waals surface area contributed by atoms with Gasteiger partial charge in [-0.2, -0.15) is 0 Å². The second-order valence-electron chi connectivity index (χ2n) is 6.86. The van der Waals surface area contributed by atoms with Crippen LogP contribution in [-0.2, 0) is 6.54 Å². The Morgan fingerprint density at radius 1 is 1.21 bits per heavy atom. The van der Waals surface area contributed by atoms with E-state index >= 15 is 0 Å². The molecule has 128 valence electrons. The predicted octanol–water partition coefficient (Wildman–Crippen LogP) is 3.98. The van der Waals surface area contributed by atoms with Crippen molar-refractivity contribution in [1.29, 1.82) is 0 Å². The molecule has 0 spiro atoms. The van der Waals surface area contributed by atoms with E-state index in [-0.39, 0.29) is 0 Å². The second-order valence-corrected chi connectivity index (χ2v) is 6.86. The Labute approximate surface area is 145 Å². The van der Waals surface area contributed by atoms with Gasteiger partial charge in [0.15, 0.2) is 0 Å². The van der Waals surface area contributed by atoms with Gasteiger partial charge in [0, 0.05) is 24.7 Å². The summed E-state index contributed by atoms with van der Waals surface area (Å²) in [5.41, 5.74) is 2.52. The van der Waals surface area contributed by atoms with Crippen LogP contribution >= 0.6 is 0 Å². The lowest BCUT2D eigenvalue weighted by molar-refractivity contribution is 0.211. The van der Waals surface area contributed by atoms with E-state index in [2.05, 4.69) is 60.1 Å². The fourth-order valence-corrected chi connectivity index (χ4v) is 3.61. The summed E-state index contributed by atoms with van der Waals surface area (Å²) in [6.45, 7) is 10.3. The van der Waals surface area contributed by atoms with Crippen molar-refractivity contribution in [2.24, 2.45) is 0 Å². The Bertz CT molecular complexity index is 702. The molecule has 3 rings (SSSR count). The van der Waals surface area contributed by atoms with Crippen molar-refractivity contribution in [3.63, 3.8) is 0 Å². The van der Waals surface area contributed by atoms with E-state index in [1.165, 1.54) is 34.8 Å². The number of nitrogens with zero attached hydrogens (tertiary/aromatic N) is 1. The molecule has 1 heterocycles. The first kappa shape index (κ1) is 17.0. The van der Waals surface area contributed by atoms with Gasteiger partial charge in [-0.3, -0.25) is 4.90 Å². The minimum atomic E-state index is 0.579. The number of piperidine rings is 1. The van der Waals surface area contributed by atoms with Gasteiger partial charge in [-0.25, -0.2) is 0 Å². The van der Waals surface area contributed by atoms with Gasteiger partial charge in [0.2, 0.25) is 0 Å². The summed E-state index contributed by atoms with van der Waals surface area (Å²) in [7, 11) is 1.75. The summed E-state index contributed by atoms with van der Waals surface area (Å²) in [4.78, 5) is 2.50. The lowest BCUT2D eigenvalue weighted by Crippen LogP contribution is -2.42. The molecular weight excluding hydrogens is 296 g/mol. The quantitative estimate of drug-likeness (QED) is 0.814. The first-order valence-electron chi connectivity index (χ1n) is 8.82. The number of hydrogen-bond acceptors (Lipinski definition) is 3. The van der Waals surface area contributed by atoms with Crippen LogP contribution in [0.5, 0.6) is 5.75 Å². The second kappa shape index (κ2) is 7.82. The van der Waals surface area contributed by atoms with Crippen LogP contribution in [0.25, 0.3) is 10.8 Å². The van der Waals surface area contributed by atoms with Crippen LogP contribution in [0.2, 0.25) is 0 Å². The molecule has 0 atom stereocenters. The molecule has 0 saturated carbocycles. The number of methoxy groups -OCH3 is 1. The number of likely N-dealkylation sites (tertiary alicyclic amines) is 1. The third-order valence-electron chi connectivity index (χ3n) is 4.87. The molecule has 1 N–H and O–H groups in total. The number of nitrogens with one attached hydrogen (secondary N) is 1. The van der Waals surface area contributed by atoms with Crippen LogP contribution in [0.4, 0.5) is 0 Å². The minimum absolute atomic E-state index is 0.579. The average molecular weight is 324 g/mol. The van der Waals surface area contributed by atoms with Crippen LogP contribution < -0.4 is 10.1 Å². The molecule has 0 bridgehead atoms. The number of rotatable bonds is 6. The van der Waals surface area contributed by atoms with Gasteiger partial charge in [-0.15, -0.1) is 0 Å². The Morgan fingerprint density at radius 3 is 2.67 bits per heavy atom. The van der Waals surface area contributed by atoms with Crippen molar-refractivity contribution in [2.45, 2.75) is 32.4 Å². The molecule has 2 aromatic rings. The van der Waals surface area contributed by atoms with Gasteiger partial charge < -0.3 is 10.1 Å². The van der Waals surface area contributed by atoms with E-state index in [0.717, 1.165) is 31.9 Å². The predicted molar refractivity (Wildman–Crippen MR) is 102 cm³/mol. The Kier molecular flexibility index (Phi) is 5.54. The number of benzene rings is 2. The highest BCUT2D eigenvalue weighted by molar-refractivity contribution is 5.87. The Balaban J connectivity index is 1.65. The number of fused-ring (bicyclic) bond motifs is 1. The smallest absolute Gasteiger partial charge is 0.123 e. The van der Waals surface area contributed by atoms with Crippen molar-refractivity contribution >= 4 is 10.8 Å². The van der Waals surface area contributed by atoms with Gasteiger partial charge in [0.1, 0.15) is 5.75 Å². The third kappa shape index (κ3) is 3.97. The van der Waals surface area contributed by atoms with E-state index in [9.17, 15) is 0 Å². The zero-order valence-corrected chi connectivity index (χ0v) is 14.8. The lowest BCUT2D eigenvalue weighted by atomic mass is 10.0. The highest BCUT2D eigenvalue weighted by Gasteiger charge is 2.19. The zero-order chi connectivity index (χ0) is 16.9. The van der Waals surface area contributed by atoms with E-state index in [1.807, 2.05) is 0 Å². The van der Waals surface area contributed by atoms with Gasteiger partial charge >= 0.3 is 0 Å². The number of hydrogen-bond donors (Lipinski definition) is 1. The standard InChI is InChI=1S/C21H28N2O/c1-16(2)15-23-12-10-18(11-13-23)22-14-20-19-7-5-4-6-17(19)8-9-21(20)24-3/h4-9,18,22H,1,10-15H2,2-3H3. The Morgan fingerprint density at radius 2 is 1.96 bits per heavy atom. The largest absolute Gasteiger partial charge is 0.496 e. The normalized spacial score (nSPS) is 16.4. The molecule has 0 amide bonds. The first-order valence-corrected chi connectivity index (χ1v) is 8.82.